The first kappa shape index (κ1) is 30.9. The molecule has 0 atom stereocenters. The van der Waals surface area contributed by atoms with Crippen molar-refractivity contribution in [1.82, 2.24) is 0 Å². The molecule has 0 aromatic heterocycles. The van der Waals surface area contributed by atoms with Crippen molar-refractivity contribution >= 4 is 65.1 Å². The highest BCUT2D eigenvalue weighted by Gasteiger charge is 2.31. The van der Waals surface area contributed by atoms with Gasteiger partial charge in [-0.05, 0) is 22.9 Å². The van der Waals surface area contributed by atoms with E-state index in [0.717, 1.165) is 12.1 Å². The quantitative estimate of drug-likeness (QED) is 0.176. The number of carbonyl (C=O) groups is 2. The van der Waals surface area contributed by atoms with E-state index in [4.69, 9.17) is 14.2 Å². The second-order valence-electron chi connectivity index (χ2n) is 10.5. The Bertz CT molecular complexity index is 1900. The van der Waals surface area contributed by atoms with E-state index in [1.165, 1.54) is 0 Å². The topological polar surface area (TPSA) is 177 Å². The third-order valence-electron chi connectivity index (χ3n) is 7.80. The van der Waals surface area contributed by atoms with Gasteiger partial charge in [0.05, 0.1) is 48.9 Å². The Balaban J connectivity index is 1.46. The molecule has 2 N–H and O–H groups in total. The molecule has 236 valence electrons. The van der Waals surface area contributed by atoms with Gasteiger partial charge >= 0.3 is 11.9 Å². The van der Waals surface area contributed by atoms with Gasteiger partial charge in [0.15, 0.2) is 0 Å². The van der Waals surface area contributed by atoms with Gasteiger partial charge in [-0.3, -0.25) is 9.11 Å². The third kappa shape index (κ3) is 5.97. The maximum absolute atomic E-state index is 13.6. The predicted molar refractivity (Wildman–Crippen MR) is 163 cm³/mol. The van der Waals surface area contributed by atoms with Crippen LogP contribution in [0.5, 0.6) is 0 Å². The zero-order chi connectivity index (χ0) is 31.9. The SMILES string of the molecule is O=C(OC(=O)c1cc(S(=O)(=O)O)c(N2CCOCC2)c2ccccc12)c1cc(S(=O)(=O)O)c(N2CCOCC2)c2ccccc12. The number of benzene rings is 4. The van der Waals surface area contributed by atoms with Gasteiger partial charge in [0.25, 0.3) is 20.2 Å². The van der Waals surface area contributed by atoms with Crippen molar-refractivity contribution in [2.75, 3.05) is 62.4 Å². The maximum atomic E-state index is 13.6. The second kappa shape index (κ2) is 12.0. The van der Waals surface area contributed by atoms with Crippen LogP contribution in [0.15, 0.2) is 70.5 Å². The Kier molecular flexibility index (Phi) is 8.24. The van der Waals surface area contributed by atoms with Crippen LogP contribution in [0.1, 0.15) is 20.7 Å². The first-order valence-corrected chi connectivity index (χ1v) is 16.8. The molecule has 0 unspecified atom stereocenters. The fourth-order valence-corrected chi connectivity index (χ4v) is 7.32. The lowest BCUT2D eigenvalue weighted by Gasteiger charge is -2.31. The molecule has 0 saturated carbocycles. The number of esters is 2. The Labute approximate surface area is 258 Å². The van der Waals surface area contributed by atoms with Crippen LogP contribution in [0.3, 0.4) is 0 Å². The number of anilines is 2. The summed E-state index contributed by atoms with van der Waals surface area (Å²) in [6.07, 6.45) is 0. The standard InChI is InChI=1S/C30H28N2O11S2/c33-29(23-17-25(44(35,36)37)27(31-9-13-41-14-10-31)21-7-3-1-5-19(21)23)43-30(34)24-18-26(45(38,39)40)28(32-11-15-42-16-12-32)22-8-4-2-6-20(22)24/h1-8,17-18H,9-16H2,(H,35,36,37)(H,38,39,40). The highest BCUT2D eigenvalue weighted by Crippen LogP contribution is 2.39. The number of morpholine rings is 2. The molecule has 0 radical (unpaired) electrons. The molecular weight excluding hydrogens is 628 g/mol. The Morgan fingerprint density at radius 1 is 0.600 bits per heavy atom. The number of hydrogen-bond donors (Lipinski definition) is 2. The van der Waals surface area contributed by atoms with Gasteiger partial charge < -0.3 is 24.0 Å². The Morgan fingerprint density at radius 2 is 0.933 bits per heavy atom. The fraction of sp³-hybridized carbons (Fsp3) is 0.267. The van der Waals surface area contributed by atoms with E-state index in [1.807, 2.05) is 0 Å². The zero-order valence-electron chi connectivity index (χ0n) is 23.7. The van der Waals surface area contributed by atoms with Crippen molar-refractivity contribution in [3.63, 3.8) is 0 Å². The molecule has 2 fully saturated rings. The van der Waals surface area contributed by atoms with E-state index in [2.05, 4.69) is 0 Å². The summed E-state index contributed by atoms with van der Waals surface area (Å²) in [5, 5.41) is 1.16. The second-order valence-corrected chi connectivity index (χ2v) is 13.2. The van der Waals surface area contributed by atoms with E-state index in [9.17, 15) is 35.5 Å². The van der Waals surface area contributed by atoms with Crippen LogP contribution < -0.4 is 9.80 Å². The summed E-state index contributed by atoms with van der Waals surface area (Å²) in [5.74, 6) is -2.46. The highest BCUT2D eigenvalue weighted by molar-refractivity contribution is 7.86. The summed E-state index contributed by atoms with van der Waals surface area (Å²) in [5.41, 5.74) is -0.260. The van der Waals surface area contributed by atoms with Gasteiger partial charge in [-0.2, -0.15) is 16.8 Å². The van der Waals surface area contributed by atoms with Crippen molar-refractivity contribution < 1.29 is 49.7 Å². The number of fused-ring (bicyclic) bond motifs is 2. The largest absolute Gasteiger partial charge is 0.386 e. The number of nitrogens with zero attached hydrogens (tertiary/aromatic N) is 2. The van der Waals surface area contributed by atoms with Gasteiger partial charge in [-0.15, -0.1) is 0 Å². The molecule has 2 heterocycles. The Morgan fingerprint density at radius 3 is 1.27 bits per heavy atom. The normalized spacial score (nSPS) is 16.2. The number of rotatable bonds is 6. The number of ether oxygens (including phenoxy) is 3. The number of carbonyl (C=O) groups excluding carboxylic acids is 2. The van der Waals surface area contributed by atoms with E-state index >= 15 is 0 Å². The average molecular weight is 657 g/mol. The lowest BCUT2D eigenvalue weighted by atomic mass is 10.0. The van der Waals surface area contributed by atoms with Crippen LogP contribution in [-0.2, 0) is 34.4 Å². The molecule has 2 saturated heterocycles. The summed E-state index contributed by atoms with van der Waals surface area (Å²) in [6.45, 7) is 2.61. The fourth-order valence-electron chi connectivity index (χ4n) is 5.82. The minimum Gasteiger partial charge on any atom is -0.386 e. The average Bonchev–Trinajstić information content (AvgIpc) is 3.03. The molecule has 4 aromatic rings. The molecule has 4 aromatic carbocycles. The summed E-state index contributed by atoms with van der Waals surface area (Å²) < 4.78 is 86.7. The predicted octanol–water partition coefficient (Wildman–Crippen LogP) is 3.16. The molecular formula is C30H28N2O11S2. The lowest BCUT2D eigenvalue weighted by Crippen LogP contribution is -2.37. The van der Waals surface area contributed by atoms with E-state index in [1.54, 1.807) is 58.3 Å². The van der Waals surface area contributed by atoms with E-state index < -0.39 is 42.0 Å². The molecule has 6 rings (SSSR count). The van der Waals surface area contributed by atoms with Crippen molar-refractivity contribution in [3.05, 3.63) is 71.8 Å². The van der Waals surface area contributed by atoms with Crippen LogP contribution in [0.4, 0.5) is 11.4 Å². The van der Waals surface area contributed by atoms with Crippen molar-refractivity contribution in [2.24, 2.45) is 0 Å². The minimum atomic E-state index is -4.86. The first-order valence-electron chi connectivity index (χ1n) is 13.9. The van der Waals surface area contributed by atoms with Crippen LogP contribution >= 0.6 is 0 Å². The van der Waals surface area contributed by atoms with Gasteiger partial charge in [0.1, 0.15) is 9.79 Å². The first-order chi connectivity index (χ1) is 21.4. The van der Waals surface area contributed by atoms with Crippen LogP contribution in [-0.4, -0.2) is 90.5 Å². The number of hydrogen-bond acceptors (Lipinski definition) is 11. The van der Waals surface area contributed by atoms with Gasteiger partial charge in [-0.1, -0.05) is 48.5 Å². The summed E-state index contributed by atoms with van der Waals surface area (Å²) in [6, 6.07) is 14.7. The molecule has 2 aliphatic rings. The van der Waals surface area contributed by atoms with Gasteiger partial charge in [-0.25, -0.2) is 9.59 Å². The Hall–Kier alpha value is -4.12. The summed E-state index contributed by atoms with van der Waals surface area (Å²) in [7, 11) is -9.72. The van der Waals surface area contributed by atoms with Crippen molar-refractivity contribution in [3.8, 4) is 0 Å². The molecule has 13 nitrogen and oxygen atoms in total. The smallest absolute Gasteiger partial charge is 0.346 e. The molecule has 2 aliphatic heterocycles. The minimum absolute atomic E-state index is 0.182. The van der Waals surface area contributed by atoms with Gasteiger partial charge in [0.2, 0.25) is 0 Å². The summed E-state index contributed by atoms with van der Waals surface area (Å²) >= 11 is 0. The molecule has 0 bridgehead atoms. The third-order valence-corrected chi connectivity index (χ3v) is 9.53. The van der Waals surface area contributed by atoms with E-state index in [0.29, 0.717) is 63.4 Å². The monoisotopic (exact) mass is 656 g/mol. The van der Waals surface area contributed by atoms with Crippen LogP contribution in [0.25, 0.3) is 21.5 Å². The molecule has 0 amide bonds. The van der Waals surface area contributed by atoms with E-state index in [-0.39, 0.29) is 33.3 Å². The maximum Gasteiger partial charge on any atom is 0.346 e. The van der Waals surface area contributed by atoms with Crippen LogP contribution in [0, 0.1) is 0 Å². The molecule has 45 heavy (non-hydrogen) atoms. The highest BCUT2D eigenvalue weighted by atomic mass is 32.2. The summed E-state index contributed by atoms with van der Waals surface area (Å²) in [4.78, 5) is 29.6. The van der Waals surface area contributed by atoms with Gasteiger partial charge in [0, 0.05) is 37.0 Å². The molecule has 15 heteroatoms. The van der Waals surface area contributed by atoms with Crippen molar-refractivity contribution in [1.29, 1.82) is 0 Å². The molecule has 0 aliphatic carbocycles. The van der Waals surface area contributed by atoms with Crippen LogP contribution in [0.2, 0.25) is 0 Å². The zero-order valence-corrected chi connectivity index (χ0v) is 25.3. The van der Waals surface area contributed by atoms with Crippen molar-refractivity contribution in [2.45, 2.75) is 9.79 Å². The molecule has 0 spiro atoms. The lowest BCUT2D eigenvalue weighted by molar-refractivity contribution is 0.0400.